The van der Waals surface area contributed by atoms with Crippen molar-refractivity contribution in [3.8, 4) is 28.5 Å². The number of benzene rings is 1. The Balaban J connectivity index is 2.00. The number of allylic oxidation sites excluding steroid dienone is 1. The zero-order chi connectivity index (χ0) is 20.5. The van der Waals surface area contributed by atoms with Crippen LogP contribution in [0.1, 0.15) is 16.8 Å². The highest BCUT2D eigenvalue weighted by Gasteiger charge is 2.18. The van der Waals surface area contributed by atoms with E-state index in [1.165, 1.54) is 12.1 Å². The van der Waals surface area contributed by atoms with Crippen LogP contribution in [-0.2, 0) is 0 Å². The third kappa shape index (κ3) is 3.46. The molecule has 1 aliphatic rings. The molecule has 0 saturated heterocycles. The van der Waals surface area contributed by atoms with E-state index in [-0.39, 0.29) is 5.56 Å². The summed E-state index contributed by atoms with van der Waals surface area (Å²) in [5, 5.41) is 15.5. The average molecular weight is 383 g/mol. The first-order valence-electron chi connectivity index (χ1n) is 9.04. The summed E-state index contributed by atoms with van der Waals surface area (Å²) in [6.45, 7) is 5.85. The molecule has 1 aliphatic heterocycles. The van der Waals surface area contributed by atoms with Gasteiger partial charge < -0.3 is 10.6 Å². The molecule has 0 radical (unpaired) electrons. The van der Waals surface area contributed by atoms with E-state index in [0.29, 0.717) is 17.1 Å². The van der Waals surface area contributed by atoms with E-state index < -0.39 is 5.82 Å². The molecule has 0 aliphatic carbocycles. The number of aromatic nitrogens is 2. The number of rotatable bonds is 3. The van der Waals surface area contributed by atoms with E-state index in [4.69, 9.17) is 4.98 Å². The minimum Gasteiger partial charge on any atom is -0.373 e. The van der Waals surface area contributed by atoms with Crippen LogP contribution in [0.5, 0.6) is 0 Å². The number of halogens is 1. The van der Waals surface area contributed by atoms with Crippen LogP contribution in [0.3, 0.4) is 0 Å². The van der Waals surface area contributed by atoms with Gasteiger partial charge in [-0.2, -0.15) is 5.26 Å². The minimum absolute atomic E-state index is 0.0212. The van der Waals surface area contributed by atoms with Gasteiger partial charge in [0.15, 0.2) is 0 Å². The molecule has 0 atom stereocenters. The normalized spacial score (nSPS) is 12.1. The van der Waals surface area contributed by atoms with E-state index in [1.807, 2.05) is 50.4 Å². The molecule has 2 N–H and O–H groups in total. The topological polar surface area (TPSA) is 73.6 Å². The maximum Gasteiger partial charge on any atom is 0.140 e. The third-order valence-electron chi connectivity index (χ3n) is 4.68. The predicted molar refractivity (Wildman–Crippen MR) is 114 cm³/mol. The van der Waals surface area contributed by atoms with Crippen LogP contribution < -0.4 is 10.6 Å². The molecular weight excluding hydrogens is 365 g/mol. The standard InChI is InChI=1S/C23H18FN5/c1-13-4-5-16-10-19(17-8-14(2)27-21(11-17)26-3)22(29-23(16)28-13)15-6-7-20(24)18(9-15)12-25/h4-11H,1H2,2-3H3,(H,26,27)(H,28,29). The van der Waals surface area contributed by atoms with Crippen molar-refractivity contribution in [2.75, 3.05) is 17.7 Å². The predicted octanol–water partition coefficient (Wildman–Crippen LogP) is 5.12. The molecule has 2 aromatic heterocycles. The second kappa shape index (κ2) is 7.21. The van der Waals surface area contributed by atoms with Crippen LogP contribution in [0.2, 0.25) is 0 Å². The van der Waals surface area contributed by atoms with Gasteiger partial charge in [-0.15, -0.1) is 0 Å². The minimum atomic E-state index is -0.553. The third-order valence-corrected chi connectivity index (χ3v) is 4.68. The summed E-state index contributed by atoms with van der Waals surface area (Å²) in [4.78, 5) is 9.26. The van der Waals surface area contributed by atoms with Gasteiger partial charge in [0.25, 0.3) is 0 Å². The molecule has 0 amide bonds. The fourth-order valence-electron chi connectivity index (χ4n) is 3.29. The van der Waals surface area contributed by atoms with Gasteiger partial charge in [0.05, 0.1) is 11.3 Å². The molecule has 0 spiro atoms. The van der Waals surface area contributed by atoms with Crippen molar-refractivity contribution < 1.29 is 4.39 Å². The Labute approximate surface area is 168 Å². The Morgan fingerprint density at radius 2 is 1.93 bits per heavy atom. The van der Waals surface area contributed by atoms with Gasteiger partial charge in [-0.3, -0.25) is 0 Å². The Morgan fingerprint density at radius 3 is 2.69 bits per heavy atom. The lowest BCUT2D eigenvalue weighted by molar-refractivity contribution is 0.624. The summed E-state index contributed by atoms with van der Waals surface area (Å²) < 4.78 is 13.9. The van der Waals surface area contributed by atoms with E-state index in [0.717, 1.165) is 33.9 Å². The molecule has 3 aromatic rings. The van der Waals surface area contributed by atoms with Gasteiger partial charge in [-0.25, -0.2) is 14.4 Å². The highest BCUT2D eigenvalue weighted by molar-refractivity contribution is 5.87. The Hall–Kier alpha value is -3.98. The second-order valence-electron chi connectivity index (χ2n) is 6.74. The number of fused-ring (bicyclic) bond motifs is 1. The molecule has 3 heterocycles. The average Bonchev–Trinajstić information content (AvgIpc) is 2.72. The van der Waals surface area contributed by atoms with Crippen LogP contribution in [0.4, 0.5) is 16.0 Å². The fourth-order valence-corrected chi connectivity index (χ4v) is 3.29. The van der Waals surface area contributed by atoms with Crippen LogP contribution in [0.15, 0.2) is 54.8 Å². The van der Waals surface area contributed by atoms with Crippen molar-refractivity contribution in [1.82, 2.24) is 9.97 Å². The summed E-state index contributed by atoms with van der Waals surface area (Å²) >= 11 is 0. The molecule has 0 unspecified atom stereocenters. The number of anilines is 2. The molecule has 142 valence electrons. The molecule has 5 nitrogen and oxygen atoms in total. The van der Waals surface area contributed by atoms with Crippen LogP contribution >= 0.6 is 0 Å². The summed E-state index contributed by atoms with van der Waals surface area (Å²) in [5.74, 6) is 0.851. The Kier molecular flexibility index (Phi) is 4.57. The van der Waals surface area contributed by atoms with Crippen molar-refractivity contribution in [3.05, 3.63) is 77.4 Å². The molecule has 1 aromatic carbocycles. The zero-order valence-electron chi connectivity index (χ0n) is 16.0. The van der Waals surface area contributed by atoms with Crippen molar-refractivity contribution in [2.45, 2.75) is 6.92 Å². The summed E-state index contributed by atoms with van der Waals surface area (Å²) in [6, 6.07) is 12.3. The van der Waals surface area contributed by atoms with E-state index in [9.17, 15) is 9.65 Å². The SMILES string of the molecule is C=C1C=Cc2cc(-c3cc(C)nc(NC)c3)c(-c3ccc(F)c(C#N)c3)nc2N1. The molecule has 6 heteroatoms. The molecule has 29 heavy (non-hydrogen) atoms. The number of hydrogen-bond donors (Lipinski definition) is 2. The van der Waals surface area contributed by atoms with Gasteiger partial charge in [-0.1, -0.05) is 6.58 Å². The van der Waals surface area contributed by atoms with Crippen molar-refractivity contribution in [2.24, 2.45) is 0 Å². The zero-order valence-corrected chi connectivity index (χ0v) is 16.0. The maximum absolute atomic E-state index is 13.9. The summed E-state index contributed by atoms with van der Waals surface area (Å²) in [5.41, 5.74) is 5.57. The Morgan fingerprint density at radius 1 is 1.10 bits per heavy atom. The molecular formula is C23H18FN5. The quantitative estimate of drug-likeness (QED) is 0.656. The van der Waals surface area contributed by atoms with Gasteiger partial charge in [0, 0.05) is 35.1 Å². The number of nitrogens with one attached hydrogen (secondary N) is 2. The largest absolute Gasteiger partial charge is 0.373 e. The second-order valence-corrected chi connectivity index (χ2v) is 6.74. The maximum atomic E-state index is 13.9. The van der Waals surface area contributed by atoms with Crippen molar-refractivity contribution in [1.29, 1.82) is 5.26 Å². The number of nitriles is 1. The van der Waals surface area contributed by atoms with Crippen LogP contribution in [0.25, 0.3) is 28.5 Å². The smallest absolute Gasteiger partial charge is 0.140 e. The van der Waals surface area contributed by atoms with E-state index in [2.05, 4.69) is 22.2 Å². The molecule has 0 bridgehead atoms. The van der Waals surface area contributed by atoms with Crippen LogP contribution in [0, 0.1) is 24.1 Å². The monoisotopic (exact) mass is 383 g/mol. The first kappa shape index (κ1) is 18.4. The summed E-state index contributed by atoms with van der Waals surface area (Å²) in [7, 11) is 1.81. The summed E-state index contributed by atoms with van der Waals surface area (Å²) in [6.07, 6.45) is 3.84. The van der Waals surface area contributed by atoms with E-state index in [1.54, 1.807) is 6.07 Å². The lowest BCUT2D eigenvalue weighted by Crippen LogP contribution is -2.06. The lowest BCUT2D eigenvalue weighted by atomic mass is 9.95. The van der Waals surface area contributed by atoms with Gasteiger partial charge in [-0.05, 0) is 61.0 Å². The molecule has 4 rings (SSSR count). The first-order chi connectivity index (χ1) is 14.0. The number of hydrogen-bond acceptors (Lipinski definition) is 5. The lowest BCUT2D eigenvalue weighted by Gasteiger charge is -2.19. The highest BCUT2D eigenvalue weighted by atomic mass is 19.1. The fraction of sp³-hybridized carbons (Fsp3) is 0.0870. The number of pyridine rings is 2. The van der Waals surface area contributed by atoms with Crippen molar-refractivity contribution >= 4 is 17.7 Å². The van der Waals surface area contributed by atoms with Gasteiger partial charge in [0.2, 0.25) is 0 Å². The van der Waals surface area contributed by atoms with E-state index >= 15 is 0 Å². The van der Waals surface area contributed by atoms with Crippen LogP contribution in [-0.4, -0.2) is 17.0 Å². The van der Waals surface area contributed by atoms with Gasteiger partial charge >= 0.3 is 0 Å². The van der Waals surface area contributed by atoms with Crippen molar-refractivity contribution in [3.63, 3.8) is 0 Å². The Bertz CT molecular complexity index is 1220. The molecule has 0 saturated carbocycles. The van der Waals surface area contributed by atoms with Gasteiger partial charge in [0.1, 0.15) is 23.5 Å². The first-order valence-corrected chi connectivity index (χ1v) is 9.04. The number of aryl methyl sites for hydroxylation is 1. The molecule has 0 fully saturated rings. The number of nitrogens with zero attached hydrogens (tertiary/aromatic N) is 3. The highest BCUT2D eigenvalue weighted by Crippen LogP contribution is 2.37.